The highest BCUT2D eigenvalue weighted by atomic mass is 28.3. The van der Waals surface area contributed by atoms with Gasteiger partial charge in [0.15, 0.2) is 8.24 Å². The molecule has 0 radical (unpaired) electrons. The van der Waals surface area contributed by atoms with Gasteiger partial charge in [-0.3, -0.25) is 0 Å². The van der Waals surface area contributed by atoms with Crippen LogP contribution in [0, 0.1) is 0 Å². The third-order valence-electron chi connectivity index (χ3n) is 3.07. The van der Waals surface area contributed by atoms with Crippen LogP contribution in [-0.2, 0) is 0 Å². The second-order valence-electron chi connectivity index (χ2n) is 3.58. The Balaban J connectivity index is 4.59. The van der Waals surface area contributed by atoms with E-state index in [1.165, 1.54) is 31.6 Å². The van der Waals surface area contributed by atoms with Gasteiger partial charge in [0.1, 0.15) is 0 Å². The predicted molar refractivity (Wildman–Crippen MR) is 64.5 cm³/mol. The Morgan fingerprint density at radius 3 is 1.92 bits per heavy atom. The Kier molecular flexibility index (Phi) is 6.34. The van der Waals surface area contributed by atoms with E-state index in [0.717, 1.165) is 0 Å². The molecule has 0 amide bonds. The first-order valence-corrected chi connectivity index (χ1v) is 8.03. The first-order chi connectivity index (χ1) is 6.20. The summed E-state index contributed by atoms with van der Waals surface area (Å²) in [6.45, 7) is 15.6. The van der Waals surface area contributed by atoms with E-state index in [1.54, 1.807) is 0 Å². The maximum Gasteiger partial charge on any atom is 0.152 e. The van der Waals surface area contributed by atoms with E-state index in [0.29, 0.717) is 0 Å². The molecule has 0 saturated carbocycles. The minimum Gasteiger partial charge on any atom is -0.321 e. The van der Waals surface area contributed by atoms with Gasteiger partial charge < -0.3 is 4.57 Å². The van der Waals surface area contributed by atoms with Crippen LogP contribution in [0.15, 0.2) is 12.3 Å². The normalized spacial score (nSPS) is 15.8. The molecule has 0 bridgehead atoms. The molecular formula is C11H25NSi. The molecule has 2 heteroatoms. The van der Waals surface area contributed by atoms with E-state index in [2.05, 4.69) is 44.5 Å². The molecule has 0 fully saturated rings. The molecule has 1 nitrogen and oxygen atoms in total. The molecule has 13 heavy (non-hydrogen) atoms. The first kappa shape index (κ1) is 12.9. The van der Waals surface area contributed by atoms with Crippen LogP contribution in [0.2, 0.25) is 12.1 Å². The summed E-state index contributed by atoms with van der Waals surface area (Å²) < 4.78 is 2.66. The molecule has 1 atom stereocenters. The van der Waals surface area contributed by atoms with E-state index in [9.17, 15) is 0 Å². The molecule has 1 unspecified atom stereocenters. The van der Waals surface area contributed by atoms with Crippen LogP contribution in [0.1, 0.15) is 34.1 Å². The number of nitrogens with zero attached hydrogens (tertiary/aromatic N) is 1. The molecule has 0 aliphatic carbocycles. The van der Waals surface area contributed by atoms with Crippen molar-refractivity contribution in [2.45, 2.75) is 46.2 Å². The number of rotatable bonds is 7. The molecule has 0 rings (SSSR count). The molecule has 0 aromatic rings. The summed E-state index contributed by atoms with van der Waals surface area (Å²) in [6, 6.07) is 2.68. The third kappa shape index (κ3) is 2.95. The van der Waals surface area contributed by atoms with Crippen molar-refractivity contribution in [2.24, 2.45) is 0 Å². The molecule has 78 valence electrons. The molecule has 0 heterocycles. The minimum absolute atomic E-state index is 1.18. The molecule has 0 aromatic carbocycles. The van der Waals surface area contributed by atoms with Crippen LogP contribution >= 0.6 is 0 Å². The highest BCUT2D eigenvalue weighted by Crippen LogP contribution is 2.22. The topological polar surface area (TPSA) is 3.24 Å². The van der Waals surface area contributed by atoms with Crippen molar-refractivity contribution in [3.05, 3.63) is 12.3 Å². The zero-order chi connectivity index (χ0) is 10.3. The molecule has 0 aromatic heterocycles. The Hall–Kier alpha value is -0.0831. The van der Waals surface area contributed by atoms with Gasteiger partial charge in [-0.05, 0) is 25.2 Å². The Labute approximate surface area is 84.9 Å². The lowest BCUT2D eigenvalue weighted by Gasteiger charge is -2.38. The van der Waals surface area contributed by atoms with Crippen molar-refractivity contribution in [1.82, 2.24) is 4.57 Å². The lowest BCUT2D eigenvalue weighted by atomic mass is 10.6. The average molecular weight is 199 g/mol. The van der Waals surface area contributed by atoms with Crippen LogP contribution in [0.5, 0.6) is 0 Å². The summed E-state index contributed by atoms with van der Waals surface area (Å²) in [5.41, 5.74) is 2.28. The smallest absolute Gasteiger partial charge is 0.152 e. The summed E-state index contributed by atoms with van der Waals surface area (Å²) >= 11 is 0. The van der Waals surface area contributed by atoms with Gasteiger partial charge in [-0.1, -0.05) is 39.8 Å². The molecule has 0 saturated heterocycles. The highest BCUT2D eigenvalue weighted by molar-refractivity contribution is 6.81. The number of hydrogen-bond acceptors (Lipinski definition) is 1. The molecule has 0 spiro atoms. The van der Waals surface area contributed by atoms with Crippen LogP contribution in [0.4, 0.5) is 0 Å². The highest BCUT2D eigenvalue weighted by Gasteiger charge is 2.31. The lowest BCUT2D eigenvalue weighted by Crippen LogP contribution is -2.51. The quantitative estimate of drug-likeness (QED) is 0.568. The minimum atomic E-state index is -1.28. The fraction of sp³-hybridized carbons (Fsp3) is 0.818. The summed E-state index contributed by atoms with van der Waals surface area (Å²) in [4.78, 5) is 0. The number of hydrogen-bond donors (Lipinski definition) is 0. The van der Waals surface area contributed by atoms with Crippen molar-refractivity contribution in [3.63, 3.8) is 0 Å². The van der Waals surface area contributed by atoms with Crippen molar-refractivity contribution in [2.75, 3.05) is 13.1 Å². The monoisotopic (exact) mass is 199 g/mol. The molecule has 0 aliphatic heterocycles. The van der Waals surface area contributed by atoms with E-state index < -0.39 is 8.24 Å². The standard InChI is InChI=1S/C11H25NSi/c1-6-11-13(9-4,10-5)12(7-2)8-3/h9H,4,6-8,10-11H2,1-3,5H3. The van der Waals surface area contributed by atoms with Gasteiger partial charge in [-0.2, -0.15) is 0 Å². The Bertz CT molecular complexity index is 143. The Morgan fingerprint density at radius 1 is 1.15 bits per heavy atom. The van der Waals surface area contributed by atoms with Crippen molar-refractivity contribution in [3.8, 4) is 0 Å². The Morgan fingerprint density at radius 2 is 1.69 bits per heavy atom. The van der Waals surface area contributed by atoms with E-state index >= 15 is 0 Å². The molecular weight excluding hydrogens is 174 g/mol. The van der Waals surface area contributed by atoms with Crippen LogP contribution < -0.4 is 0 Å². The van der Waals surface area contributed by atoms with Crippen molar-refractivity contribution in [1.29, 1.82) is 0 Å². The maximum absolute atomic E-state index is 4.06. The van der Waals surface area contributed by atoms with Gasteiger partial charge in [0.05, 0.1) is 0 Å². The van der Waals surface area contributed by atoms with Gasteiger partial charge >= 0.3 is 0 Å². The van der Waals surface area contributed by atoms with Crippen molar-refractivity contribution < 1.29 is 0 Å². The van der Waals surface area contributed by atoms with Gasteiger partial charge in [0, 0.05) is 0 Å². The van der Waals surface area contributed by atoms with E-state index in [-0.39, 0.29) is 0 Å². The maximum atomic E-state index is 4.06. The summed E-state index contributed by atoms with van der Waals surface area (Å²) in [5.74, 6) is 0. The largest absolute Gasteiger partial charge is 0.321 e. The lowest BCUT2D eigenvalue weighted by molar-refractivity contribution is 0.463. The van der Waals surface area contributed by atoms with Crippen LogP contribution in [0.25, 0.3) is 0 Å². The van der Waals surface area contributed by atoms with E-state index in [1.807, 2.05) is 0 Å². The van der Waals surface area contributed by atoms with Gasteiger partial charge in [-0.25, -0.2) is 0 Å². The van der Waals surface area contributed by atoms with Crippen LogP contribution in [0.3, 0.4) is 0 Å². The predicted octanol–water partition coefficient (Wildman–Crippen LogP) is 3.43. The zero-order valence-corrected chi connectivity index (χ0v) is 10.8. The summed E-state index contributed by atoms with van der Waals surface area (Å²) in [7, 11) is -1.28. The van der Waals surface area contributed by atoms with Gasteiger partial charge in [-0.15, -0.1) is 6.58 Å². The van der Waals surface area contributed by atoms with E-state index in [4.69, 9.17) is 0 Å². The average Bonchev–Trinajstić information content (AvgIpc) is 2.18. The SMILES string of the molecule is C=C[Si](CC)(CCC)N(CC)CC. The second kappa shape index (κ2) is 6.38. The molecule has 0 N–H and O–H groups in total. The first-order valence-electron chi connectivity index (χ1n) is 5.59. The van der Waals surface area contributed by atoms with Crippen LogP contribution in [-0.4, -0.2) is 25.9 Å². The van der Waals surface area contributed by atoms with Gasteiger partial charge in [0.2, 0.25) is 0 Å². The fourth-order valence-corrected chi connectivity index (χ4v) is 6.21. The third-order valence-corrected chi connectivity index (χ3v) is 8.31. The zero-order valence-electron chi connectivity index (χ0n) is 9.77. The van der Waals surface area contributed by atoms with Crippen molar-refractivity contribution >= 4 is 8.24 Å². The second-order valence-corrected chi connectivity index (χ2v) is 8.04. The summed E-state index contributed by atoms with van der Waals surface area (Å²) in [5, 5.41) is 0. The summed E-state index contributed by atoms with van der Waals surface area (Å²) in [6.07, 6.45) is 1.29. The van der Waals surface area contributed by atoms with Gasteiger partial charge in [0.25, 0.3) is 0 Å². The fourth-order valence-electron chi connectivity index (χ4n) is 2.22. The molecule has 0 aliphatic rings.